The number of pyridine rings is 1. The predicted molar refractivity (Wildman–Crippen MR) is 129 cm³/mol. The largest absolute Gasteiger partial charge is 0.439 e. The van der Waals surface area contributed by atoms with E-state index in [1.165, 1.54) is 17.0 Å². The quantitative estimate of drug-likeness (QED) is 0.252. The van der Waals surface area contributed by atoms with Crippen molar-refractivity contribution in [3.8, 4) is 11.6 Å². The third kappa shape index (κ3) is 7.21. The molecule has 160 valence electrons. The van der Waals surface area contributed by atoms with Crippen LogP contribution in [0.2, 0.25) is 0 Å². The van der Waals surface area contributed by atoms with Gasteiger partial charge >= 0.3 is 0 Å². The number of benzene rings is 1. The molecule has 2 N–H and O–H groups in total. The lowest BCUT2D eigenvalue weighted by Gasteiger charge is -2.10. The van der Waals surface area contributed by atoms with Crippen LogP contribution in [-0.2, 0) is 13.1 Å². The maximum atomic E-state index is 13.2. The van der Waals surface area contributed by atoms with E-state index >= 15 is 0 Å². The Labute approximate surface area is 197 Å². The molecule has 3 rings (SSSR count). The molecule has 2 aromatic heterocycles. The standard InChI is InChI=1S/C21H24FN5OS.HI/c1-4-23-21(26-13-20-27-14(2)15(3)29-20)25-12-16-8-9-19(24-11-16)28-18-7-5-6-17(22)10-18;/h5-11H,4,12-13H2,1-3H3,(H2,23,25,26);1H. The SMILES string of the molecule is CCNC(=NCc1ccc(Oc2cccc(F)c2)nc1)NCc1nc(C)c(C)s1.I. The maximum Gasteiger partial charge on any atom is 0.219 e. The zero-order valence-electron chi connectivity index (χ0n) is 17.1. The molecule has 0 atom stereocenters. The first-order chi connectivity index (χ1) is 14.0. The van der Waals surface area contributed by atoms with Crippen LogP contribution in [0.1, 0.15) is 28.1 Å². The number of hydrogen-bond acceptors (Lipinski definition) is 5. The first-order valence-electron chi connectivity index (χ1n) is 9.37. The number of aromatic nitrogens is 2. The van der Waals surface area contributed by atoms with Gasteiger partial charge in [-0.05, 0) is 38.5 Å². The van der Waals surface area contributed by atoms with Gasteiger partial charge in [-0.15, -0.1) is 35.3 Å². The summed E-state index contributed by atoms with van der Waals surface area (Å²) in [6, 6.07) is 9.60. The van der Waals surface area contributed by atoms with Crippen LogP contribution in [0.4, 0.5) is 4.39 Å². The molecule has 0 aliphatic heterocycles. The third-order valence-corrected chi connectivity index (χ3v) is 5.13. The summed E-state index contributed by atoms with van der Waals surface area (Å²) in [5.74, 6) is 1.19. The third-order valence-electron chi connectivity index (χ3n) is 4.06. The molecule has 0 bridgehead atoms. The zero-order chi connectivity index (χ0) is 20.6. The van der Waals surface area contributed by atoms with Gasteiger partial charge in [0.1, 0.15) is 16.6 Å². The number of nitrogens with zero attached hydrogens (tertiary/aromatic N) is 3. The molecule has 0 aliphatic carbocycles. The van der Waals surface area contributed by atoms with Gasteiger partial charge in [0, 0.05) is 29.8 Å². The van der Waals surface area contributed by atoms with Gasteiger partial charge in [0.05, 0.1) is 18.8 Å². The predicted octanol–water partition coefficient (Wildman–Crippen LogP) is 4.96. The number of nitrogens with one attached hydrogen (secondary N) is 2. The molecule has 6 nitrogen and oxygen atoms in total. The van der Waals surface area contributed by atoms with E-state index in [1.807, 2.05) is 19.9 Å². The van der Waals surface area contributed by atoms with Crippen molar-refractivity contribution >= 4 is 41.3 Å². The van der Waals surface area contributed by atoms with Crippen LogP contribution in [0.3, 0.4) is 0 Å². The van der Waals surface area contributed by atoms with Crippen LogP contribution < -0.4 is 15.4 Å². The number of halogens is 2. The Balaban J connectivity index is 0.00000320. The average molecular weight is 541 g/mol. The van der Waals surface area contributed by atoms with E-state index < -0.39 is 0 Å². The molecule has 0 unspecified atom stereocenters. The second-order valence-corrected chi connectivity index (χ2v) is 7.65. The van der Waals surface area contributed by atoms with Crippen LogP contribution in [-0.4, -0.2) is 22.5 Å². The lowest BCUT2D eigenvalue weighted by molar-refractivity contribution is 0.457. The van der Waals surface area contributed by atoms with Crippen LogP contribution >= 0.6 is 35.3 Å². The molecule has 0 saturated carbocycles. The van der Waals surface area contributed by atoms with Gasteiger partial charge in [-0.3, -0.25) is 0 Å². The molecule has 9 heteroatoms. The minimum absolute atomic E-state index is 0. The van der Waals surface area contributed by atoms with Crippen molar-refractivity contribution in [3.63, 3.8) is 0 Å². The molecular weight excluding hydrogens is 516 g/mol. The average Bonchev–Trinajstić information content (AvgIpc) is 3.03. The number of rotatable bonds is 7. The highest BCUT2D eigenvalue weighted by atomic mass is 127. The van der Waals surface area contributed by atoms with E-state index in [4.69, 9.17) is 4.74 Å². The van der Waals surface area contributed by atoms with Gasteiger partial charge in [-0.2, -0.15) is 0 Å². The Kier molecular flexibility index (Phi) is 9.44. The molecule has 2 heterocycles. The number of aryl methyl sites for hydroxylation is 2. The fraction of sp³-hybridized carbons (Fsp3) is 0.286. The first kappa shape index (κ1) is 24.0. The summed E-state index contributed by atoms with van der Waals surface area (Å²) < 4.78 is 18.8. The summed E-state index contributed by atoms with van der Waals surface area (Å²) in [5.41, 5.74) is 2.01. The molecule has 0 aliphatic rings. The minimum atomic E-state index is -0.347. The van der Waals surface area contributed by atoms with E-state index in [-0.39, 0.29) is 29.8 Å². The van der Waals surface area contributed by atoms with E-state index in [1.54, 1.807) is 35.7 Å². The highest BCUT2D eigenvalue weighted by Crippen LogP contribution is 2.20. The Hall–Kier alpha value is -2.27. The highest BCUT2D eigenvalue weighted by molar-refractivity contribution is 14.0. The summed E-state index contributed by atoms with van der Waals surface area (Å²) in [4.78, 5) is 14.6. The molecule has 3 aromatic rings. The van der Waals surface area contributed by atoms with Gasteiger partial charge < -0.3 is 15.4 Å². The molecule has 0 radical (unpaired) electrons. The molecule has 0 spiro atoms. The van der Waals surface area contributed by atoms with Crippen molar-refractivity contribution in [3.05, 3.63) is 69.6 Å². The molecule has 0 amide bonds. The molecule has 1 aromatic carbocycles. The Morgan fingerprint density at radius 1 is 1.20 bits per heavy atom. The number of aliphatic imine (C=N–C) groups is 1. The molecule has 30 heavy (non-hydrogen) atoms. The number of hydrogen-bond donors (Lipinski definition) is 2. The zero-order valence-corrected chi connectivity index (χ0v) is 20.3. The minimum Gasteiger partial charge on any atom is -0.439 e. The van der Waals surface area contributed by atoms with Gasteiger partial charge in [-0.25, -0.2) is 19.4 Å². The van der Waals surface area contributed by atoms with E-state index in [9.17, 15) is 4.39 Å². The van der Waals surface area contributed by atoms with Gasteiger partial charge in [0.15, 0.2) is 5.96 Å². The van der Waals surface area contributed by atoms with Crippen molar-refractivity contribution in [2.75, 3.05) is 6.54 Å². The number of thiazole rings is 1. The van der Waals surface area contributed by atoms with Crippen LogP contribution in [0.15, 0.2) is 47.6 Å². The normalized spacial score (nSPS) is 11.0. The lowest BCUT2D eigenvalue weighted by atomic mass is 10.3. The van der Waals surface area contributed by atoms with Crippen molar-refractivity contribution in [2.45, 2.75) is 33.9 Å². The Morgan fingerprint density at radius 2 is 2.03 bits per heavy atom. The number of guanidine groups is 1. The van der Waals surface area contributed by atoms with Crippen molar-refractivity contribution in [2.24, 2.45) is 4.99 Å². The van der Waals surface area contributed by atoms with Gasteiger partial charge in [-0.1, -0.05) is 12.1 Å². The van der Waals surface area contributed by atoms with E-state index in [2.05, 4.69) is 32.5 Å². The Morgan fingerprint density at radius 3 is 2.67 bits per heavy atom. The van der Waals surface area contributed by atoms with Crippen molar-refractivity contribution < 1.29 is 9.13 Å². The van der Waals surface area contributed by atoms with Gasteiger partial charge in [0.2, 0.25) is 5.88 Å². The first-order valence-corrected chi connectivity index (χ1v) is 10.2. The second kappa shape index (κ2) is 11.8. The van der Waals surface area contributed by atoms with Crippen LogP contribution in [0.25, 0.3) is 0 Å². The topological polar surface area (TPSA) is 71.4 Å². The fourth-order valence-corrected chi connectivity index (χ4v) is 3.38. The van der Waals surface area contributed by atoms with E-state index in [0.29, 0.717) is 24.7 Å². The highest BCUT2D eigenvalue weighted by Gasteiger charge is 2.05. The summed E-state index contributed by atoms with van der Waals surface area (Å²) in [6.45, 7) is 7.98. The van der Waals surface area contributed by atoms with Crippen LogP contribution in [0.5, 0.6) is 11.6 Å². The lowest BCUT2D eigenvalue weighted by Crippen LogP contribution is -2.36. The summed E-state index contributed by atoms with van der Waals surface area (Å²) in [6.07, 6.45) is 1.70. The van der Waals surface area contributed by atoms with Crippen LogP contribution in [0, 0.1) is 19.7 Å². The monoisotopic (exact) mass is 541 g/mol. The maximum absolute atomic E-state index is 13.2. The number of ether oxygens (including phenoxy) is 1. The fourth-order valence-electron chi connectivity index (χ4n) is 2.50. The summed E-state index contributed by atoms with van der Waals surface area (Å²) in [7, 11) is 0. The molecule has 0 saturated heterocycles. The van der Waals surface area contributed by atoms with Crippen molar-refractivity contribution in [1.82, 2.24) is 20.6 Å². The summed E-state index contributed by atoms with van der Waals surface area (Å²) >= 11 is 1.69. The second-order valence-electron chi connectivity index (χ2n) is 6.36. The smallest absolute Gasteiger partial charge is 0.219 e. The van der Waals surface area contributed by atoms with E-state index in [0.717, 1.165) is 28.8 Å². The Bertz CT molecular complexity index is 958. The summed E-state index contributed by atoms with van der Waals surface area (Å²) in [5, 5.41) is 7.57. The van der Waals surface area contributed by atoms with Gasteiger partial charge in [0.25, 0.3) is 0 Å². The van der Waals surface area contributed by atoms with Crippen molar-refractivity contribution in [1.29, 1.82) is 0 Å². The molecule has 0 fully saturated rings. The molecular formula is C21H25FIN5OS.